The predicted molar refractivity (Wildman–Crippen MR) is 126 cm³/mol. The molecular weight excluding hydrogens is 414 g/mol. The van der Waals surface area contributed by atoms with Crippen LogP contribution in [0.5, 0.6) is 0 Å². The van der Waals surface area contributed by atoms with E-state index in [1.165, 1.54) is 0 Å². The average Bonchev–Trinajstić information content (AvgIpc) is 2.77. The summed E-state index contributed by atoms with van der Waals surface area (Å²) in [5, 5.41) is 0. The van der Waals surface area contributed by atoms with Crippen LogP contribution in [0.1, 0.15) is 18.1 Å². The summed E-state index contributed by atoms with van der Waals surface area (Å²) in [5.74, 6) is -0.0292. The van der Waals surface area contributed by atoms with Gasteiger partial charge in [-0.2, -0.15) is 0 Å². The first-order valence-corrected chi connectivity index (χ1v) is 12.1. The molecule has 3 rings (SSSR count). The molecule has 6 heteroatoms. The van der Waals surface area contributed by atoms with Crippen LogP contribution in [0, 0.1) is 0 Å². The highest BCUT2D eigenvalue weighted by molar-refractivity contribution is 7.98. The highest BCUT2D eigenvalue weighted by Crippen LogP contribution is 2.24. The number of likely N-dealkylation sites (tertiary alicyclic amines) is 1. The standard InChI is InChI=1S/C24H25NO3S2/c1-4-28-24(27)25-15-19(13-17-5-9-21(29-2)10-6-17)23(26)20(16-25)14-18-7-11-22(30-3)12-8-18/h5-14H,4,15-16H2,1-3H3/b19-13+,20-14+. The summed E-state index contributed by atoms with van der Waals surface area (Å²) >= 11 is 3.34. The van der Waals surface area contributed by atoms with Crippen molar-refractivity contribution in [3.8, 4) is 0 Å². The van der Waals surface area contributed by atoms with E-state index < -0.39 is 6.09 Å². The predicted octanol–water partition coefficient (Wildman–Crippen LogP) is 5.64. The SMILES string of the molecule is CCOC(=O)N1C/C(=C\c2ccc(SC)cc2)C(=O)/C(=C/c2ccc(SC)cc2)C1. The lowest BCUT2D eigenvalue weighted by atomic mass is 9.94. The van der Waals surface area contributed by atoms with E-state index in [0.29, 0.717) is 17.8 Å². The van der Waals surface area contributed by atoms with Gasteiger partial charge in [-0.3, -0.25) is 9.69 Å². The molecule has 0 N–H and O–H groups in total. The van der Waals surface area contributed by atoms with Crippen molar-refractivity contribution < 1.29 is 14.3 Å². The molecule has 1 saturated heterocycles. The first kappa shape index (κ1) is 22.2. The molecule has 156 valence electrons. The van der Waals surface area contributed by atoms with E-state index in [-0.39, 0.29) is 18.9 Å². The molecule has 1 fully saturated rings. The van der Waals surface area contributed by atoms with E-state index in [1.807, 2.05) is 73.2 Å². The van der Waals surface area contributed by atoms with Gasteiger partial charge < -0.3 is 4.74 Å². The second kappa shape index (κ2) is 10.5. The van der Waals surface area contributed by atoms with Gasteiger partial charge in [0.2, 0.25) is 0 Å². The number of nitrogens with zero attached hydrogens (tertiary/aromatic N) is 1. The van der Waals surface area contributed by atoms with Gasteiger partial charge in [0, 0.05) is 20.9 Å². The van der Waals surface area contributed by atoms with Crippen molar-refractivity contribution in [2.75, 3.05) is 32.2 Å². The maximum atomic E-state index is 13.2. The fourth-order valence-corrected chi connectivity index (χ4v) is 4.00. The van der Waals surface area contributed by atoms with Gasteiger partial charge in [-0.1, -0.05) is 24.3 Å². The van der Waals surface area contributed by atoms with E-state index >= 15 is 0 Å². The van der Waals surface area contributed by atoms with Gasteiger partial charge in [-0.05, 0) is 67.0 Å². The molecule has 1 aliphatic rings. The molecule has 0 spiro atoms. The summed E-state index contributed by atoms with van der Waals surface area (Å²) in [4.78, 5) is 29.5. The van der Waals surface area contributed by atoms with Gasteiger partial charge in [0.05, 0.1) is 19.7 Å². The Kier molecular flexibility index (Phi) is 7.82. The van der Waals surface area contributed by atoms with Crippen LogP contribution in [-0.2, 0) is 9.53 Å². The lowest BCUT2D eigenvalue weighted by molar-refractivity contribution is -0.113. The van der Waals surface area contributed by atoms with E-state index in [1.54, 1.807) is 35.3 Å². The van der Waals surface area contributed by atoms with Crippen LogP contribution in [0.2, 0.25) is 0 Å². The Morgan fingerprint density at radius 3 is 1.70 bits per heavy atom. The summed E-state index contributed by atoms with van der Waals surface area (Å²) in [5.41, 5.74) is 3.03. The number of benzene rings is 2. The maximum absolute atomic E-state index is 13.2. The number of amides is 1. The van der Waals surface area contributed by atoms with Gasteiger partial charge >= 0.3 is 6.09 Å². The van der Waals surface area contributed by atoms with Crippen LogP contribution in [0.25, 0.3) is 12.2 Å². The highest BCUT2D eigenvalue weighted by Gasteiger charge is 2.29. The number of thioether (sulfide) groups is 2. The number of carbonyl (C=O) groups excluding carboxylic acids is 2. The quantitative estimate of drug-likeness (QED) is 0.446. The fourth-order valence-electron chi connectivity index (χ4n) is 3.19. The third-order valence-electron chi connectivity index (χ3n) is 4.75. The molecule has 0 unspecified atom stereocenters. The Morgan fingerprint density at radius 1 is 0.900 bits per heavy atom. The molecule has 1 heterocycles. The summed E-state index contributed by atoms with van der Waals surface area (Å²) in [6.07, 6.45) is 7.37. The summed E-state index contributed by atoms with van der Waals surface area (Å²) < 4.78 is 5.19. The normalized spacial score (nSPS) is 16.9. The van der Waals surface area contributed by atoms with Crippen LogP contribution < -0.4 is 0 Å². The smallest absolute Gasteiger partial charge is 0.410 e. The number of rotatable bonds is 5. The number of Topliss-reactive ketones (excluding diaryl/α,β-unsaturated/α-hetero) is 1. The lowest BCUT2D eigenvalue weighted by Gasteiger charge is -2.29. The Labute approximate surface area is 186 Å². The number of ether oxygens (including phenoxy) is 1. The Balaban J connectivity index is 1.94. The molecule has 1 amide bonds. The van der Waals surface area contributed by atoms with Crippen molar-refractivity contribution in [2.24, 2.45) is 0 Å². The molecule has 0 atom stereocenters. The summed E-state index contributed by atoms with van der Waals surface area (Å²) in [7, 11) is 0. The second-order valence-electron chi connectivity index (χ2n) is 6.77. The van der Waals surface area contributed by atoms with E-state index in [4.69, 9.17) is 4.74 Å². The van der Waals surface area contributed by atoms with Crippen LogP contribution in [0.4, 0.5) is 4.79 Å². The third kappa shape index (κ3) is 5.58. The second-order valence-corrected chi connectivity index (χ2v) is 8.53. The largest absolute Gasteiger partial charge is 0.450 e. The van der Waals surface area contributed by atoms with E-state index in [0.717, 1.165) is 20.9 Å². The number of ketones is 1. The number of hydrogen-bond acceptors (Lipinski definition) is 5. The molecule has 1 aliphatic heterocycles. The Morgan fingerprint density at radius 2 is 1.33 bits per heavy atom. The molecule has 0 aromatic heterocycles. The van der Waals surface area contributed by atoms with Gasteiger partial charge in [0.25, 0.3) is 0 Å². The first-order chi connectivity index (χ1) is 14.5. The lowest BCUT2D eigenvalue weighted by Crippen LogP contribution is -2.41. The number of hydrogen-bond donors (Lipinski definition) is 0. The van der Waals surface area contributed by atoms with Crippen molar-refractivity contribution in [3.05, 3.63) is 70.8 Å². The van der Waals surface area contributed by atoms with Crippen LogP contribution in [0.3, 0.4) is 0 Å². The Bertz CT molecular complexity index is 893. The van der Waals surface area contributed by atoms with Crippen molar-refractivity contribution in [1.82, 2.24) is 4.90 Å². The zero-order chi connectivity index (χ0) is 21.5. The molecule has 0 radical (unpaired) electrons. The van der Waals surface area contributed by atoms with Crippen LogP contribution >= 0.6 is 23.5 Å². The Hall–Kier alpha value is -2.44. The van der Waals surface area contributed by atoms with Crippen molar-refractivity contribution in [1.29, 1.82) is 0 Å². The molecule has 30 heavy (non-hydrogen) atoms. The third-order valence-corrected chi connectivity index (χ3v) is 6.23. The molecule has 0 bridgehead atoms. The van der Waals surface area contributed by atoms with Crippen molar-refractivity contribution in [3.63, 3.8) is 0 Å². The van der Waals surface area contributed by atoms with Gasteiger partial charge in [-0.15, -0.1) is 23.5 Å². The average molecular weight is 440 g/mol. The molecule has 0 saturated carbocycles. The van der Waals surface area contributed by atoms with Gasteiger partial charge in [-0.25, -0.2) is 4.79 Å². The summed E-state index contributed by atoms with van der Waals surface area (Å²) in [6, 6.07) is 16.0. The monoisotopic (exact) mass is 439 g/mol. The van der Waals surface area contributed by atoms with E-state index in [9.17, 15) is 9.59 Å². The minimum absolute atomic E-state index is 0.0292. The summed E-state index contributed by atoms with van der Waals surface area (Å²) in [6.45, 7) is 2.56. The zero-order valence-corrected chi connectivity index (χ0v) is 19.0. The molecule has 4 nitrogen and oxygen atoms in total. The first-order valence-electron chi connectivity index (χ1n) is 9.69. The van der Waals surface area contributed by atoms with Gasteiger partial charge in [0.1, 0.15) is 0 Å². The number of carbonyl (C=O) groups is 2. The minimum atomic E-state index is -0.405. The van der Waals surface area contributed by atoms with Crippen LogP contribution in [0.15, 0.2) is 69.5 Å². The number of piperidine rings is 1. The fraction of sp³-hybridized carbons (Fsp3) is 0.250. The van der Waals surface area contributed by atoms with E-state index in [2.05, 4.69) is 0 Å². The highest BCUT2D eigenvalue weighted by atomic mass is 32.2. The maximum Gasteiger partial charge on any atom is 0.410 e. The molecule has 2 aromatic rings. The van der Waals surface area contributed by atoms with Crippen molar-refractivity contribution in [2.45, 2.75) is 16.7 Å². The molecular formula is C24H25NO3S2. The van der Waals surface area contributed by atoms with Crippen molar-refractivity contribution >= 4 is 47.6 Å². The minimum Gasteiger partial charge on any atom is -0.450 e. The topological polar surface area (TPSA) is 46.6 Å². The van der Waals surface area contributed by atoms with Gasteiger partial charge in [0.15, 0.2) is 5.78 Å². The van der Waals surface area contributed by atoms with Crippen LogP contribution in [-0.4, -0.2) is 49.0 Å². The molecule has 0 aliphatic carbocycles. The zero-order valence-electron chi connectivity index (χ0n) is 17.4. The molecule has 2 aromatic carbocycles.